The first-order valence-corrected chi connectivity index (χ1v) is 8.87. The number of nitrogens with zero attached hydrogens (tertiary/aromatic N) is 6. The molecule has 22 heavy (non-hydrogen) atoms. The lowest BCUT2D eigenvalue weighted by Crippen LogP contribution is -2.46. The van der Waals surface area contributed by atoms with E-state index < -0.39 is 0 Å². The number of aromatic nitrogens is 4. The normalized spacial score (nSPS) is 18.6. The molecule has 1 atom stereocenters. The standard InChI is InChI=1S/C15H24N6S/c1-3-5-14(20-9-7-19(2)8-10-20)15-16-17-18-21(15)12-13-6-4-11-22-13/h4,6,11,14H,3,5,7-10,12H2,1-2H3/t14-/m1/s1. The van der Waals surface area contributed by atoms with E-state index in [1.54, 1.807) is 11.3 Å². The Labute approximate surface area is 135 Å². The summed E-state index contributed by atoms with van der Waals surface area (Å²) in [7, 11) is 2.19. The fourth-order valence-corrected chi connectivity index (χ4v) is 3.68. The monoisotopic (exact) mass is 320 g/mol. The largest absolute Gasteiger partial charge is 0.304 e. The molecule has 0 aliphatic carbocycles. The molecule has 2 aromatic rings. The molecule has 0 saturated carbocycles. The van der Waals surface area contributed by atoms with Crippen molar-refractivity contribution in [1.29, 1.82) is 0 Å². The van der Waals surface area contributed by atoms with Crippen molar-refractivity contribution in [3.63, 3.8) is 0 Å². The maximum absolute atomic E-state index is 4.36. The van der Waals surface area contributed by atoms with Gasteiger partial charge in [-0.3, -0.25) is 4.90 Å². The summed E-state index contributed by atoms with van der Waals surface area (Å²) in [6.45, 7) is 7.42. The van der Waals surface area contributed by atoms with E-state index in [-0.39, 0.29) is 0 Å². The molecular formula is C15H24N6S. The molecule has 0 unspecified atom stereocenters. The zero-order valence-corrected chi connectivity index (χ0v) is 14.2. The predicted molar refractivity (Wildman–Crippen MR) is 88.0 cm³/mol. The second-order valence-corrected chi connectivity index (χ2v) is 6.95. The summed E-state index contributed by atoms with van der Waals surface area (Å²) in [6, 6.07) is 4.54. The number of piperazine rings is 1. The third kappa shape index (κ3) is 3.53. The summed E-state index contributed by atoms with van der Waals surface area (Å²) < 4.78 is 1.98. The quantitative estimate of drug-likeness (QED) is 0.813. The highest BCUT2D eigenvalue weighted by Gasteiger charge is 2.27. The number of hydrogen-bond donors (Lipinski definition) is 0. The van der Waals surface area contributed by atoms with Gasteiger partial charge in [-0.2, -0.15) is 0 Å². The van der Waals surface area contributed by atoms with Gasteiger partial charge in [0.1, 0.15) is 0 Å². The van der Waals surface area contributed by atoms with Gasteiger partial charge in [-0.05, 0) is 35.3 Å². The maximum Gasteiger partial charge on any atom is 0.168 e. The van der Waals surface area contributed by atoms with Gasteiger partial charge in [0.05, 0.1) is 12.6 Å². The summed E-state index contributed by atoms with van der Waals surface area (Å²) in [6.07, 6.45) is 2.25. The van der Waals surface area contributed by atoms with Gasteiger partial charge >= 0.3 is 0 Å². The predicted octanol–water partition coefficient (Wildman–Crippen LogP) is 1.87. The van der Waals surface area contributed by atoms with Crippen LogP contribution in [0, 0.1) is 0 Å². The molecule has 3 rings (SSSR count). The van der Waals surface area contributed by atoms with Gasteiger partial charge < -0.3 is 4.90 Å². The first kappa shape index (κ1) is 15.6. The van der Waals surface area contributed by atoms with Crippen LogP contribution in [-0.2, 0) is 6.54 Å². The van der Waals surface area contributed by atoms with Gasteiger partial charge in [0.15, 0.2) is 5.82 Å². The Kier molecular flexibility index (Phi) is 5.17. The summed E-state index contributed by atoms with van der Waals surface area (Å²) >= 11 is 1.75. The average Bonchev–Trinajstić information content (AvgIpc) is 3.18. The van der Waals surface area contributed by atoms with Crippen molar-refractivity contribution in [2.45, 2.75) is 32.4 Å². The van der Waals surface area contributed by atoms with Crippen molar-refractivity contribution >= 4 is 11.3 Å². The fourth-order valence-electron chi connectivity index (χ4n) is 2.99. The molecule has 120 valence electrons. The molecule has 1 aliphatic heterocycles. The van der Waals surface area contributed by atoms with Crippen LogP contribution in [0.15, 0.2) is 17.5 Å². The molecule has 0 radical (unpaired) electrons. The van der Waals surface area contributed by atoms with Gasteiger partial charge in [0, 0.05) is 31.1 Å². The van der Waals surface area contributed by atoms with E-state index in [0.717, 1.165) is 51.4 Å². The molecule has 1 saturated heterocycles. The second-order valence-electron chi connectivity index (χ2n) is 5.92. The number of thiophene rings is 1. The molecule has 0 bridgehead atoms. The first-order chi connectivity index (χ1) is 10.8. The molecule has 0 spiro atoms. The van der Waals surface area contributed by atoms with Gasteiger partial charge in [-0.1, -0.05) is 19.4 Å². The van der Waals surface area contributed by atoms with Crippen LogP contribution in [-0.4, -0.2) is 63.2 Å². The highest BCUT2D eigenvalue weighted by atomic mass is 32.1. The van der Waals surface area contributed by atoms with E-state index in [9.17, 15) is 0 Å². The van der Waals surface area contributed by atoms with Gasteiger partial charge in [-0.25, -0.2) is 4.68 Å². The van der Waals surface area contributed by atoms with E-state index in [1.165, 1.54) is 4.88 Å². The highest BCUT2D eigenvalue weighted by molar-refractivity contribution is 7.09. The molecule has 2 aromatic heterocycles. The van der Waals surface area contributed by atoms with Crippen molar-refractivity contribution in [3.05, 3.63) is 28.2 Å². The molecule has 1 aliphatic rings. The third-order valence-electron chi connectivity index (χ3n) is 4.28. The number of rotatable bonds is 6. The van der Waals surface area contributed by atoms with Crippen LogP contribution in [0.2, 0.25) is 0 Å². The van der Waals surface area contributed by atoms with Crippen LogP contribution < -0.4 is 0 Å². The smallest absolute Gasteiger partial charge is 0.168 e. The molecule has 7 heteroatoms. The van der Waals surface area contributed by atoms with Crippen LogP contribution in [0.25, 0.3) is 0 Å². The molecule has 6 nitrogen and oxygen atoms in total. The zero-order valence-electron chi connectivity index (χ0n) is 13.4. The zero-order chi connectivity index (χ0) is 15.4. The fraction of sp³-hybridized carbons (Fsp3) is 0.667. The lowest BCUT2D eigenvalue weighted by Gasteiger charge is -2.37. The van der Waals surface area contributed by atoms with Crippen LogP contribution >= 0.6 is 11.3 Å². The molecule has 0 amide bonds. The summed E-state index contributed by atoms with van der Waals surface area (Å²) in [5.41, 5.74) is 0. The Morgan fingerprint density at radius 1 is 1.27 bits per heavy atom. The molecule has 0 N–H and O–H groups in total. The Hall–Kier alpha value is -1.31. The van der Waals surface area contributed by atoms with Gasteiger partial charge in [-0.15, -0.1) is 16.4 Å². The van der Waals surface area contributed by atoms with E-state index in [2.05, 4.69) is 56.8 Å². The summed E-state index contributed by atoms with van der Waals surface area (Å²) in [4.78, 5) is 6.22. The van der Waals surface area contributed by atoms with Crippen molar-refractivity contribution < 1.29 is 0 Å². The minimum absolute atomic E-state index is 0.327. The highest BCUT2D eigenvalue weighted by Crippen LogP contribution is 2.25. The Balaban J connectivity index is 1.78. The summed E-state index contributed by atoms with van der Waals surface area (Å²) in [5.74, 6) is 1.01. The minimum atomic E-state index is 0.327. The van der Waals surface area contributed by atoms with Crippen LogP contribution in [0.5, 0.6) is 0 Å². The number of likely N-dealkylation sites (N-methyl/N-ethyl adjacent to an activating group) is 1. The van der Waals surface area contributed by atoms with Crippen LogP contribution in [0.4, 0.5) is 0 Å². The van der Waals surface area contributed by atoms with E-state index >= 15 is 0 Å². The van der Waals surface area contributed by atoms with E-state index in [1.807, 2.05) is 4.68 Å². The van der Waals surface area contributed by atoms with Crippen LogP contribution in [0.3, 0.4) is 0 Å². The number of tetrazole rings is 1. The average molecular weight is 320 g/mol. The Morgan fingerprint density at radius 3 is 2.77 bits per heavy atom. The Morgan fingerprint density at radius 2 is 2.09 bits per heavy atom. The van der Waals surface area contributed by atoms with E-state index in [0.29, 0.717) is 6.04 Å². The van der Waals surface area contributed by atoms with Crippen molar-refractivity contribution in [2.24, 2.45) is 0 Å². The Bertz CT molecular complexity index is 558. The molecule has 0 aromatic carbocycles. The summed E-state index contributed by atoms with van der Waals surface area (Å²) in [5, 5.41) is 14.6. The van der Waals surface area contributed by atoms with E-state index in [4.69, 9.17) is 0 Å². The minimum Gasteiger partial charge on any atom is -0.304 e. The third-order valence-corrected chi connectivity index (χ3v) is 5.15. The van der Waals surface area contributed by atoms with Crippen LogP contribution in [0.1, 0.15) is 36.5 Å². The van der Waals surface area contributed by atoms with Gasteiger partial charge in [0.2, 0.25) is 0 Å². The number of hydrogen-bond acceptors (Lipinski definition) is 6. The first-order valence-electron chi connectivity index (χ1n) is 7.99. The molecule has 3 heterocycles. The maximum atomic E-state index is 4.36. The van der Waals surface area contributed by atoms with Crippen molar-refractivity contribution in [1.82, 2.24) is 30.0 Å². The molecule has 1 fully saturated rings. The second kappa shape index (κ2) is 7.30. The molecular weight excluding hydrogens is 296 g/mol. The topological polar surface area (TPSA) is 50.1 Å². The van der Waals surface area contributed by atoms with Gasteiger partial charge in [0.25, 0.3) is 0 Å². The lowest BCUT2D eigenvalue weighted by atomic mass is 10.1. The lowest BCUT2D eigenvalue weighted by molar-refractivity contribution is 0.0997. The van der Waals surface area contributed by atoms with Crippen molar-refractivity contribution in [3.8, 4) is 0 Å². The van der Waals surface area contributed by atoms with Crippen molar-refractivity contribution in [2.75, 3.05) is 33.2 Å². The SMILES string of the molecule is CCC[C@H](c1nnnn1Cc1cccs1)N1CCN(C)CC1.